The molecule has 0 bridgehead atoms. The maximum absolute atomic E-state index is 6.05. The van der Waals surface area contributed by atoms with E-state index in [1.807, 2.05) is 48.9 Å². The van der Waals surface area contributed by atoms with Gasteiger partial charge in [0.25, 0.3) is 0 Å². The van der Waals surface area contributed by atoms with Gasteiger partial charge in [-0.2, -0.15) is 0 Å². The number of para-hydroxylation sites is 1. The zero-order chi connectivity index (χ0) is 15.7. The molecule has 0 saturated carbocycles. The van der Waals surface area contributed by atoms with Crippen molar-refractivity contribution in [2.45, 2.75) is 0 Å². The molecule has 0 spiro atoms. The van der Waals surface area contributed by atoms with Crippen LogP contribution in [0.25, 0.3) is 49.4 Å². The van der Waals surface area contributed by atoms with Crippen LogP contribution in [0.15, 0.2) is 71.5 Å². The number of rotatable bonds is 0. The molecule has 0 fully saturated rings. The predicted octanol–water partition coefficient (Wildman–Crippen LogP) is 4.94. The fourth-order valence-electron chi connectivity index (χ4n) is 3.73. The SMILES string of the molecule is c1ccc2c(c1)oc1ccc3c(c4ncccc4c4nccn34)c12. The Hall–Kier alpha value is -3.40. The van der Waals surface area contributed by atoms with Crippen molar-refractivity contribution in [1.29, 1.82) is 0 Å². The second kappa shape index (κ2) is 4.11. The van der Waals surface area contributed by atoms with E-state index in [1.165, 1.54) is 0 Å². The molecule has 24 heavy (non-hydrogen) atoms. The fraction of sp³-hybridized carbons (Fsp3) is 0. The van der Waals surface area contributed by atoms with Crippen molar-refractivity contribution in [3.63, 3.8) is 0 Å². The Labute approximate surface area is 136 Å². The molecular weight excluding hydrogens is 298 g/mol. The summed E-state index contributed by atoms with van der Waals surface area (Å²) in [5, 5.41) is 4.39. The molecule has 0 saturated heterocycles. The first-order valence-electron chi connectivity index (χ1n) is 7.85. The zero-order valence-corrected chi connectivity index (χ0v) is 12.6. The van der Waals surface area contributed by atoms with E-state index in [0.717, 1.165) is 49.4 Å². The molecule has 4 heterocycles. The molecule has 112 valence electrons. The average Bonchev–Trinajstić information content (AvgIpc) is 3.26. The maximum atomic E-state index is 6.05. The number of imidazole rings is 1. The first-order chi connectivity index (χ1) is 11.9. The highest BCUT2D eigenvalue weighted by molar-refractivity contribution is 6.26. The van der Waals surface area contributed by atoms with E-state index < -0.39 is 0 Å². The Balaban J connectivity index is 2.07. The van der Waals surface area contributed by atoms with Gasteiger partial charge in [0.05, 0.1) is 11.0 Å². The first-order valence-corrected chi connectivity index (χ1v) is 7.85. The number of hydrogen-bond donors (Lipinski definition) is 0. The normalized spacial score (nSPS) is 12.2. The van der Waals surface area contributed by atoms with Crippen LogP contribution in [0.2, 0.25) is 0 Å². The number of fused-ring (bicyclic) bond motifs is 10. The number of aromatic nitrogens is 3. The topological polar surface area (TPSA) is 43.3 Å². The third-order valence-corrected chi connectivity index (χ3v) is 4.71. The quantitative estimate of drug-likeness (QED) is 0.373. The van der Waals surface area contributed by atoms with E-state index in [0.29, 0.717) is 0 Å². The van der Waals surface area contributed by atoms with Crippen LogP contribution in [0.4, 0.5) is 0 Å². The van der Waals surface area contributed by atoms with Gasteiger partial charge in [0.15, 0.2) is 0 Å². The van der Waals surface area contributed by atoms with Crippen molar-refractivity contribution >= 4 is 49.4 Å². The molecule has 0 amide bonds. The molecule has 2 aromatic carbocycles. The number of nitrogens with zero attached hydrogens (tertiary/aromatic N) is 3. The molecule has 0 aliphatic rings. The van der Waals surface area contributed by atoms with E-state index in [-0.39, 0.29) is 0 Å². The lowest BCUT2D eigenvalue weighted by Gasteiger charge is -2.08. The number of hydrogen-bond acceptors (Lipinski definition) is 3. The molecule has 4 aromatic heterocycles. The third kappa shape index (κ3) is 1.34. The van der Waals surface area contributed by atoms with Crippen LogP contribution in [0.3, 0.4) is 0 Å². The lowest BCUT2D eigenvalue weighted by atomic mass is 10.0. The summed E-state index contributed by atoms with van der Waals surface area (Å²) in [5.41, 5.74) is 4.76. The minimum Gasteiger partial charge on any atom is -0.456 e. The summed E-state index contributed by atoms with van der Waals surface area (Å²) in [7, 11) is 0. The van der Waals surface area contributed by atoms with Crippen molar-refractivity contribution in [2.24, 2.45) is 0 Å². The molecule has 0 aliphatic heterocycles. The van der Waals surface area contributed by atoms with Crippen LogP contribution >= 0.6 is 0 Å². The lowest BCUT2D eigenvalue weighted by Crippen LogP contribution is -1.92. The van der Waals surface area contributed by atoms with Gasteiger partial charge in [0.2, 0.25) is 0 Å². The van der Waals surface area contributed by atoms with Gasteiger partial charge in [0.1, 0.15) is 16.8 Å². The van der Waals surface area contributed by atoms with Gasteiger partial charge in [-0.25, -0.2) is 4.98 Å². The average molecular weight is 309 g/mol. The van der Waals surface area contributed by atoms with Crippen LogP contribution in [-0.4, -0.2) is 14.4 Å². The van der Waals surface area contributed by atoms with Crippen molar-refractivity contribution in [2.75, 3.05) is 0 Å². The summed E-state index contributed by atoms with van der Waals surface area (Å²) in [6.07, 6.45) is 5.67. The highest BCUT2D eigenvalue weighted by Crippen LogP contribution is 2.38. The largest absolute Gasteiger partial charge is 0.456 e. The molecular formula is C20H11N3O. The van der Waals surface area contributed by atoms with Gasteiger partial charge >= 0.3 is 0 Å². The molecule has 4 heteroatoms. The van der Waals surface area contributed by atoms with Crippen LogP contribution in [0.5, 0.6) is 0 Å². The molecule has 0 unspecified atom stereocenters. The number of pyridine rings is 2. The number of furan rings is 1. The minimum atomic E-state index is 0.884. The summed E-state index contributed by atoms with van der Waals surface area (Å²) in [4.78, 5) is 9.21. The summed E-state index contributed by atoms with van der Waals surface area (Å²) in [6.45, 7) is 0. The van der Waals surface area contributed by atoms with E-state index in [4.69, 9.17) is 4.42 Å². The Kier molecular flexibility index (Phi) is 2.07. The van der Waals surface area contributed by atoms with E-state index in [9.17, 15) is 0 Å². The van der Waals surface area contributed by atoms with Crippen molar-refractivity contribution in [3.05, 3.63) is 67.1 Å². The maximum Gasteiger partial charge on any atom is 0.146 e. The van der Waals surface area contributed by atoms with Gasteiger partial charge < -0.3 is 4.42 Å². The van der Waals surface area contributed by atoms with Gasteiger partial charge in [0, 0.05) is 40.1 Å². The fourth-order valence-corrected chi connectivity index (χ4v) is 3.73. The monoisotopic (exact) mass is 309 g/mol. The third-order valence-electron chi connectivity index (χ3n) is 4.71. The minimum absolute atomic E-state index is 0.884. The Morgan fingerprint density at radius 1 is 0.750 bits per heavy atom. The highest BCUT2D eigenvalue weighted by Gasteiger charge is 2.16. The number of benzene rings is 2. The lowest BCUT2D eigenvalue weighted by molar-refractivity contribution is 0.669. The summed E-state index contributed by atoms with van der Waals surface area (Å²) in [5.74, 6) is 0. The van der Waals surface area contributed by atoms with E-state index >= 15 is 0 Å². The van der Waals surface area contributed by atoms with Gasteiger partial charge in [-0.1, -0.05) is 18.2 Å². The molecule has 0 radical (unpaired) electrons. The molecule has 4 nitrogen and oxygen atoms in total. The Morgan fingerprint density at radius 2 is 1.67 bits per heavy atom. The van der Waals surface area contributed by atoms with Crippen LogP contribution in [-0.2, 0) is 0 Å². The van der Waals surface area contributed by atoms with Crippen molar-refractivity contribution in [1.82, 2.24) is 14.4 Å². The standard InChI is InChI=1S/C20H11N3O/c1-2-6-15-12(4-1)17-16(24-15)8-7-14-18(17)19-13(5-3-9-21-19)20-22-10-11-23(14)20/h1-11H. The first kappa shape index (κ1) is 12.1. The smallest absolute Gasteiger partial charge is 0.146 e. The second-order valence-electron chi connectivity index (χ2n) is 5.95. The zero-order valence-electron chi connectivity index (χ0n) is 12.6. The van der Waals surface area contributed by atoms with Crippen LogP contribution < -0.4 is 0 Å². The van der Waals surface area contributed by atoms with Gasteiger partial charge in [-0.05, 0) is 30.3 Å². The molecule has 6 rings (SSSR count). The van der Waals surface area contributed by atoms with Crippen molar-refractivity contribution < 1.29 is 4.42 Å². The molecule has 0 N–H and O–H groups in total. The van der Waals surface area contributed by atoms with Gasteiger partial charge in [-0.3, -0.25) is 9.38 Å². The van der Waals surface area contributed by atoms with Gasteiger partial charge in [-0.15, -0.1) is 0 Å². The van der Waals surface area contributed by atoms with Crippen LogP contribution in [0, 0.1) is 0 Å². The molecule has 6 aromatic rings. The van der Waals surface area contributed by atoms with E-state index in [1.54, 1.807) is 0 Å². The Morgan fingerprint density at radius 3 is 2.67 bits per heavy atom. The highest BCUT2D eigenvalue weighted by atomic mass is 16.3. The van der Waals surface area contributed by atoms with E-state index in [2.05, 4.69) is 32.6 Å². The molecule has 0 aliphatic carbocycles. The predicted molar refractivity (Wildman–Crippen MR) is 95.3 cm³/mol. The summed E-state index contributed by atoms with van der Waals surface area (Å²) < 4.78 is 8.18. The molecule has 0 atom stereocenters. The second-order valence-corrected chi connectivity index (χ2v) is 5.95. The Bertz CT molecular complexity index is 1410. The van der Waals surface area contributed by atoms with Crippen LogP contribution in [0.1, 0.15) is 0 Å². The van der Waals surface area contributed by atoms with Crippen molar-refractivity contribution in [3.8, 4) is 0 Å². The summed E-state index contributed by atoms with van der Waals surface area (Å²) >= 11 is 0. The summed E-state index contributed by atoms with van der Waals surface area (Å²) in [6, 6.07) is 16.3.